The standard InChI is InChI=1S/C23H30N2O/c1-24(2)20-10-8-19(9-11-20)22(18-6-4-3-5-7-18)23(26)21-16-25-14-12-17(21)13-15-25/h3-11,17,21-23,26H,12-16H2,1-2H3. The normalized spacial score (nSPS) is 27.1. The third-order valence-electron chi connectivity index (χ3n) is 6.41. The Morgan fingerprint density at radius 3 is 2.08 bits per heavy atom. The number of benzene rings is 2. The Morgan fingerprint density at radius 1 is 0.923 bits per heavy atom. The van der Waals surface area contributed by atoms with E-state index in [2.05, 4.69) is 78.5 Å². The second-order valence-electron chi connectivity index (χ2n) is 8.17. The SMILES string of the molecule is CN(C)c1ccc(C(c2ccccc2)C(O)C2CN3CCC2CC3)cc1. The van der Waals surface area contributed by atoms with Gasteiger partial charge in [0.1, 0.15) is 0 Å². The fourth-order valence-electron chi connectivity index (χ4n) is 4.87. The number of fused-ring (bicyclic) bond motifs is 3. The summed E-state index contributed by atoms with van der Waals surface area (Å²) in [4.78, 5) is 4.65. The van der Waals surface area contributed by atoms with Gasteiger partial charge in [0.2, 0.25) is 0 Å². The van der Waals surface area contributed by atoms with Crippen LogP contribution in [0.5, 0.6) is 0 Å². The van der Waals surface area contributed by atoms with Crippen LogP contribution in [-0.2, 0) is 0 Å². The molecule has 1 N–H and O–H groups in total. The lowest BCUT2D eigenvalue weighted by Gasteiger charge is -2.48. The van der Waals surface area contributed by atoms with Crippen LogP contribution in [0.4, 0.5) is 5.69 Å². The lowest BCUT2D eigenvalue weighted by molar-refractivity contribution is -0.0310. The molecule has 0 aromatic heterocycles. The minimum absolute atomic E-state index is 0.0398. The van der Waals surface area contributed by atoms with Crippen LogP contribution in [-0.4, -0.2) is 49.8 Å². The highest BCUT2D eigenvalue weighted by molar-refractivity contribution is 5.48. The summed E-state index contributed by atoms with van der Waals surface area (Å²) in [5.74, 6) is 1.08. The van der Waals surface area contributed by atoms with Crippen LogP contribution in [0.2, 0.25) is 0 Å². The molecular formula is C23H30N2O. The van der Waals surface area contributed by atoms with Crippen LogP contribution < -0.4 is 4.90 Å². The molecule has 3 aliphatic rings. The smallest absolute Gasteiger partial charge is 0.0692 e. The van der Waals surface area contributed by atoms with Gasteiger partial charge in [-0.25, -0.2) is 0 Å². The first-order valence-corrected chi connectivity index (χ1v) is 9.86. The van der Waals surface area contributed by atoms with Gasteiger partial charge >= 0.3 is 0 Å². The number of anilines is 1. The van der Waals surface area contributed by atoms with Crippen molar-refractivity contribution in [2.45, 2.75) is 24.9 Å². The van der Waals surface area contributed by atoms with Gasteiger partial charge in [-0.05, 0) is 55.1 Å². The van der Waals surface area contributed by atoms with Crippen molar-refractivity contribution in [3.8, 4) is 0 Å². The number of piperidine rings is 3. The summed E-state index contributed by atoms with van der Waals surface area (Å²) in [6.45, 7) is 3.47. The summed E-state index contributed by atoms with van der Waals surface area (Å²) >= 11 is 0. The van der Waals surface area contributed by atoms with E-state index in [1.807, 2.05) is 0 Å². The fourth-order valence-corrected chi connectivity index (χ4v) is 4.87. The highest BCUT2D eigenvalue weighted by Crippen LogP contribution is 2.41. The maximum Gasteiger partial charge on any atom is 0.0692 e. The van der Waals surface area contributed by atoms with Crippen molar-refractivity contribution < 1.29 is 5.11 Å². The Morgan fingerprint density at radius 2 is 1.54 bits per heavy atom. The number of hydrogen-bond donors (Lipinski definition) is 1. The van der Waals surface area contributed by atoms with Crippen molar-refractivity contribution >= 4 is 5.69 Å². The maximum absolute atomic E-state index is 11.5. The van der Waals surface area contributed by atoms with E-state index >= 15 is 0 Å². The van der Waals surface area contributed by atoms with Gasteiger partial charge in [-0.3, -0.25) is 0 Å². The molecule has 3 unspecified atom stereocenters. The summed E-state index contributed by atoms with van der Waals surface area (Å²) in [5, 5.41) is 11.5. The van der Waals surface area contributed by atoms with E-state index in [-0.39, 0.29) is 12.0 Å². The molecule has 3 atom stereocenters. The van der Waals surface area contributed by atoms with E-state index < -0.39 is 0 Å². The fraction of sp³-hybridized carbons (Fsp3) is 0.478. The largest absolute Gasteiger partial charge is 0.392 e. The molecule has 3 aliphatic heterocycles. The molecule has 138 valence electrons. The van der Waals surface area contributed by atoms with Gasteiger partial charge in [0.15, 0.2) is 0 Å². The number of rotatable bonds is 5. The van der Waals surface area contributed by atoms with Gasteiger partial charge in [0, 0.05) is 38.2 Å². The summed E-state index contributed by atoms with van der Waals surface area (Å²) in [7, 11) is 4.12. The van der Waals surface area contributed by atoms with E-state index in [1.54, 1.807) is 0 Å². The van der Waals surface area contributed by atoms with Crippen LogP contribution in [0.15, 0.2) is 54.6 Å². The van der Waals surface area contributed by atoms with Crippen molar-refractivity contribution in [2.24, 2.45) is 11.8 Å². The molecule has 0 amide bonds. The van der Waals surface area contributed by atoms with Crippen LogP contribution in [0.3, 0.4) is 0 Å². The summed E-state index contributed by atoms with van der Waals surface area (Å²) < 4.78 is 0. The van der Waals surface area contributed by atoms with Gasteiger partial charge in [-0.1, -0.05) is 42.5 Å². The molecule has 0 spiro atoms. The highest BCUT2D eigenvalue weighted by Gasteiger charge is 2.41. The van der Waals surface area contributed by atoms with E-state index in [1.165, 1.54) is 42.7 Å². The topological polar surface area (TPSA) is 26.7 Å². The minimum Gasteiger partial charge on any atom is -0.392 e. The number of hydrogen-bond acceptors (Lipinski definition) is 3. The molecule has 2 aromatic rings. The average molecular weight is 351 g/mol. The number of nitrogens with zero attached hydrogens (tertiary/aromatic N) is 2. The van der Waals surface area contributed by atoms with Crippen LogP contribution >= 0.6 is 0 Å². The van der Waals surface area contributed by atoms with Gasteiger partial charge in [-0.15, -0.1) is 0 Å². The molecule has 5 rings (SSSR count). The van der Waals surface area contributed by atoms with Gasteiger partial charge in [0.05, 0.1) is 6.10 Å². The van der Waals surface area contributed by atoms with Crippen LogP contribution in [0.25, 0.3) is 0 Å². The molecule has 0 radical (unpaired) electrons. The highest BCUT2D eigenvalue weighted by atomic mass is 16.3. The van der Waals surface area contributed by atoms with Crippen molar-refractivity contribution in [3.05, 3.63) is 65.7 Å². The zero-order valence-electron chi connectivity index (χ0n) is 15.9. The Hall–Kier alpha value is -1.84. The third kappa shape index (κ3) is 3.38. The zero-order chi connectivity index (χ0) is 18.1. The first-order chi connectivity index (χ1) is 12.6. The predicted octanol–water partition coefficient (Wildman–Crippen LogP) is 3.59. The Kier molecular flexibility index (Phi) is 5.01. The van der Waals surface area contributed by atoms with E-state index in [0.29, 0.717) is 11.8 Å². The van der Waals surface area contributed by atoms with Crippen molar-refractivity contribution in [3.63, 3.8) is 0 Å². The Labute approximate surface area is 157 Å². The molecule has 3 fully saturated rings. The lowest BCUT2D eigenvalue weighted by atomic mass is 9.70. The second kappa shape index (κ2) is 7.42. The molecule has 3 nitrogen and oxygen atoms in total. The molecule has 3 saturated heterocycles. The molecule has 0 aliphatic carbocycles. The van der Waals surface area contributed by atoms with E-state index in [0.717, 1.165) is 6.54 Å². The van der Waals surface area contributed by atoms with Gasteiger partial charge in [-0.2, -0.15) is 0 Å². The zero-order valence-corrected chi connectivity index (χ0v) is 15.9. The summed E-state index contributed by atoms with van der Waals surface area (Å²) in [6, 6.07) is 19.2. The third-order valence-corrected chi connectivity index (χ3v) is 6.41. The van der Waals surface area contributed by atoms with Gasteiger partial charge in [0.25, 0.3) is 0 Å². The molecule has 2 bridgehead atoms. The predicted molar refractivity (Wildman–Crippen MR) is 108 cm³/mol. The van der Waals surface area contributed by atoms with Crippen molar-refractivity contribution in [1.29, 1.82) is 0 Å². The molecular weight excluding hydrogens is 320 g/mol. The maximum atomic E-state index is 11.5. The van der Waals surface area contributed by atoms with E-state index in [4.69, 9.17) is 0 Å². The van der Waals surface area contributed by atoms with E-state index in [9.17, 15) is 5.11 Å². The van der Waals surface area contributed by atoms with Crippen molar-refractivity contribution in [1.82, 2.24) is 4.90 Å². The molecule has 26 heavy (non-hydrogen) atoms. The molecule has 0 saturated carbocycles. The molecule has 2 aromatic carbocycles. The van der Waals surface area contributed by atoms with Crippen LogP contribution in [0.1, 0.15) is 29.9 Å². The van der Waals surface area contributed by atoms with Gasteiger partial charge < -0.3 is 14.9 Å². The summed E-state index contributed by atoms with van der Waals surface area (Å²) in [6.07, 6.45) is 2.14. The average Bonchev–Trinajstić information content (AvgIpc) is 2.70. The monoisotopic (exact) mass is 350 g/mol. The minimum atomic E-state index is -0.337. The molecule has 3 heterocycles. The van der Waals surface area contributed by atoms with Crippen molar-refractivity contribution in [2.75, 3.05) is 38.6 Å². The number of aliphatic hydroxyl groups excluding tert-OH is 1. The van der Waals surface area contributed by atoms with Crippen LogP contribution in [0, 0.1) is 11.8 Å². The lowest BCUT2D eigenvalue weighted by Crippen LogP contribution is -2.52. The number of aliphatic hydroxyl groups is 1. The molecule has 3 heteroatoms. The Bertz CT molecular complexity index is 705. The quantitative estimate of drug-likeness (QED) is 0.893. The first kappa shape index (κ1) is 17.6. The first-order valence-electron chi connectivity index (χ1n) is 9.86. The summed E-state index contributed by atoms with van der Waals surface area (Å²) in [5.41, 5.74) is 3.62. The second-order valence-corrected chi connectivity index (χ2v) is 8.17. The Balaban J connectivity index is 1.67.